The highest BCUT2D eigenvalue weighted by Crippen LogP contribution is 2.25. The number of carbonyl (C=O) groups excluding carboxylic acids is 2. The molecule has 0 aromatic heterocycles. The largest absolute Gasteiger partial charge is 0.484 e. The first kappa shape index (κ1) is 19.9. The second kappa shape index (κ2) is 10.5. The smallest absolute Gasteiger partial charge is 0.411 e. The predicted octanol–water partition coefficient (Wildman–Crippen LogP) is 4.13. The highest BCUT2D eigenvalue weighted by Gasteiger charge is 2.06. The SMILES string of the molecule is O=C(COc1ccccc1)NCCCOC(=O)Nc1ccc(Cl)c(Cl)c1. The van der Waals surface area contributed by atoms with E-state index in [0.29, 0.717) is 34.4 Å². The number of ether oxygens (including phenoxy) is 2. The van der Waals surface area contributed by atoms with Crippen LogP contribution < -0.4 is 15.4 Å². The van der Waals surface area contributed by atoms with Crippen LogP contribution in [0, 0.1) is 0 Å². The topological polar surface area (TPSA) is 76.7 Å². The summed E-state index contributed by atoms with van der Waals surface area (Å²) in [5, 5.41) is 5.96. The van der Waals surface area contributed by atoms with E-state index >= 15 is 0 Å². The van der Waals surface area contributed by atoms with Gasteiger partial charge in [-0.1, -0.05) is 41.4 Å². The lowest BCUT2D eigenvalue weighted by Crippen LogP contribution is -2.30. The molecule has 2 amide bonds. The molecule has 0 spiro atoms. The van der Waals surface area contributed by atoms with Gasteiger partial charge in [0.15, 0.2) is 6.61 Å². The lowest BCUT2D eigenvalue weighted by molar-refractivity contribution is -0.123. The summed E-state index contributed by atoms with van der Waals surface area (Å²) in [7, 11) is 0. The highest BCUT2D eigenvalue weighted by molar-refractivity contribution is 6.42. The van der Waals surface area contributed by atoms with Crippen molar-refractivity contribution in [3.05, 3.63) is 58.6 Å². The van der Waals surface area contributed by atoms with Gasteiger partial charge < -0.3 is 14.8 Å². The number of amides is 2. The summed E-state index contributed by atoms with van der Waals surface area (Å²) < 4.78 is 10.3. The van der Waals surface area contributed by atoms with Gasteiger partial charge in [0.25, 0.3) is 5.91 Å². The third-order valence-corrected chi connectivity index (χ3v) is 3.89. The van der Waals surface area contributed by atoms with Crippen LogP contribution in [0.4, 0.5) is 10.5 Å². The van der Waals surface area contributed by atoms with Gasteiger partial charge in [-0.2, -0.15) is 0 Å². The van der Waals surface area contributed by atoms with Gasteiger partial charge in [0.05, 0.1) is 16.7 Å². The molecule has 2 aromatic carbocycles. The molecule has 2 aromatic rings. The fourth-order valence-electron chi connectivity index (χ4n) is 1.91. The molecule has 0 saturated heterocycles. The number of carbonyl (C=O) groups is 2. The number of benzene rings is 2. The minimum absolute atomic E-state index is 0.0668. The summed E-state index contributed by atoms with van der Waals surface area (Å²) in [6.45, 7) is 0.465. The van der Waals surface area contributed by atoms with E-state index in [-0.39, 0.29) is 19.1 Å². The first-order chi connectivity index (χ1) is 12.5. The molecule has 0 radical (unpaired) electrons. The zero-order valence-electron chi connectivity index (χ0n) is 13.8. The minimum atomic E-state index is -0.609. The Balaban J connectivity index is 1.56. The Labute approximate surface area is 161 Å². The van der Waals surface area contributed by atoms with Crippen LogP contribution in [-0.2, 0) is 9.53 Å². The fraction of sp³-hybridized carbons (Fsp3) is 0.222. The molecule has 0 aliphatic rings. The van der Waals surface area contributed by atoms with Crippen molar-refractivity contribution in [2.45, 2.75) is 6.42 Å². The molecular weight excluding hydrogens is 379 g/mol. The molecular formula is C18H18Cl2N2O4. The molecule has 6 nitrogen and oxygen atoms in total. The summed E-state index contributed by atoms with van der Waals surface area (Å²) >= 11 is 11.7. The molecule has 0 saturated carbocycles. The van der Waals surface area contributed by atoms with Gasteiger partial charge in [-0.3, -0.25) is 10.1 Å². The average molecular weight is 397 g/mol. The van der Waals surface area contributed by atoms with Crippen LogP contribution in [0.2, 0.25) is 10.0 Å². The van der Waals surface area contributed by atoms with E-state index in [1.54, 1.807) is 24.3 Å². The quantitative estimate of drug-likeness (QED) is 0.657. The van der Waals surface area contributed by atoms with E-state index in [4.69, 9.17) is 32.7 Å². The first-order valence-electron chi connectivity index (χ1n) is 7.88. The minimum Gasteiger partial charge on any atom is -0.484 e. The Kier molecular flexibility index (Phi) is 8.05. The molecule has 8 heteroatoms. The number of anilines is 1. The molecule has 138 valence electrons. The summed E-state index contributed by atoms with van der Waals surface area (Å²) in [5.74, 6) is 0.388. The molecule has 0 bridgehead atoms. The monoisotopic (exact) mass is 396 g/mol. The van der Waals surface area contributed by atoms with E-state index in [1.807, 2.05) is 18.2 Å². The first-order valence-corrected chi connectivity index (χ1v) is 8.63. The second-order valence-electron chi connectivity index (χ2n) is 5.20. The lowest BCUT2D eigenvalue weighted by atomic mass is 10.3. The Bertz CT molecular complexity index is 741. The van der Waals surface area contributed by atoms with Gasteiger partial charge in [-0.25, -0.2) is 4.79 Å². The Morgan fingerprint density at radius 3 is 2.50 bits per heavy atom. The summed E-state index contributed by atoms with van der Waals surface area (Å²) in [5.41, 5.74) is 0.482. The van der Waals surface area contributed by atoms with Crippen molar-refractivity contribution in [2.75, 3.05) is 25.1 Å². The molecule has 0 unspecified atom stereocenters. The van der Waals surface area contributed by atoms with E-state index < -0.39 is 6.09 Å². The number of hydrogen-bond donors (Lipinski definition) is 2. The van der Waals surface area contributed by atoms with Crippen molar-refractivity contribution in [1.82, 2.24) is 5.32 Å². The van der Waals surface area contributed by atoms with E-state index in [9.17, 15) is 9.59 Å². The van der Waals surface area contributed by atoms with Crippen LogP contribution >= 0.6 is 23.2 Å². The van der Waals surface area contributed by atoms with Crippen molar-refractivity contribution in [2.24, 2.45) is 0 Å². The van der Waals surface area contributed by atoms with Crippen LogP contribution in [0.15, 0.2) is 48.5 Å². The maximum atomic E-state index is 11.6. The van der Waals surface area contributed by atoms with Crippen molar-refractivity contribution in [3.8, 4) is 5.75 Å². The van der Waals surface area contributed by atoms with Crippen LogP contribution in [0.25, 0.3) is 0 Å². The number of nitrogens with one attached hydrogen (secondary N) is 2. The Hall–Kier alpha value is -2.44. The summed E-state index contributed by atoms with van der Waals surface area (Å²) in [6.07, 6.45) is -0.131. The number of halogens is 2. The van der Waals surface area contributed by atoms with Crippen LogP contribution in [0.3, 0.4) is 0 Å². The van der Waals surface area contributed by atoms with Gasteiger partial charge in [-0.05, 0) is 36.8 Å². The standard InChI is InChI=1S/C18H18Cl2N2O4/c19-15-8-7-13(11-16(15)20)22-18(24)25-10-4-9-21-17(23)12-26-14-5-2-1-3-6-14/h1-3,5-8,11H,4,9-10,12H2,(H,21,23)(H,22,24). The van der Waals surface area contributed by atoms with Crippen LogP contribution in [0.1, 0.15) is 6.42 Å². The number of hydrogen-bond acceptors (Lipinski definition) is 4. The molecule has 0 aliphatic carbocycles. The third-order valence-electron chi connectivity index (χ3n) is 3.16. The predicted molar refractivity (Wildman–Crippen MR) is 101 cm³/mol. The maximum absolute atomic E-state index is 11.6. The van der Waals surface area contributed by atoms with Gasteiger partial charge in [-0.15, -0.1) is 0 Å². The average Bonchev–Trinajstić information content (AvgIpc) is 2.63. The molecule has 2 rings (SSSR count). The Morgan fingerprint density at radius 2 is 1.77 bits per heavy atom. The van der Waals surface area contributed by atoms with Crippen molar-refractivity contribution < 1.29 is 19.1 Å². The van der Waals surface area contributed by atoms with Crippen molar-refractivity contribution in [1.29, 1.82) is 0 Å². The molecule has 0 fully saturated rings. The second-order valence-corrected chi connectivity index (χ2v) is 6.01. The van der Waals surface area contributed by atoms with E-state index in [2.05, 4.69) is 10.6 Å². The van der Waals surface area contributed by atoms with Crippen LogP contribution in [-0.4, -0.2) is 31.8 Å². The highest BCUT2D eigenvalue weighted by atomic mass is 35.5. The number of para-hydroxylation sites is 1. The van der Waals surface area contributed by atoms with Crippen molar-refractivity contribution >= 4 is 40.9 Å². The van der Waals surface area contributed by atoms with Gasteiger partial charge in [0.2, 0.25) is 0 Å². The zero-order valence-corrected chi connectivity index (χ0v) is 15.3. The fourth-order valence-corrected chi connectivity index (χ4v) is 2.21. The van der Waals surface area contributed by atoms with Gasteiger partial charge >= 0.3 is 6.09 Å². The molecule has 2 N–H and O–H groups in total. The Morgan fingerprint density at radius 1 is 1.00 bits per heavy atom. The third kappa shape index (κ3) is 7.21. The molecule has 0 aliphatic heterocycles. The van der Waals surface area contributed by atoms with Gasteiger partial charge in [0, 0.05) is 12.2 Å². The van der Waals surface area contributed by atoms with E-state index in [0.717, 1.165) is 0 Å². The summed E-state index contributed by atoms with van der Waals surface area (Å²) in [4.78, 5) is 23.3. The van der Waals surface area contributed by atoms with E-state index in [1.165, 1.54) is 6.07 Å². The normalized spacial score (nSPS) is 10.1. The van der Waals surface area contributed by atoms with Crippen molar-refractivity contribution in [3.63, 3.8) is 0 Å². The lowest BCUT2D eigenvalue weighted by Gasteiger charge is -2.09. The van der Waals surface area contributed by atoms with Crippen LogP contribution in [0.5, 0.6) is 5.75 Å². The zero-order chi connectivity index (χ0) is 18.8. The molecule has 0 heterocycles. The molecule has 26 heavy (non-hydrogen) atoms. The molecule has 0 atom stereocenters. The maximum Gasteiger partial charge on any atom is 0.411 e. The van der Waals surface area contributed by atoms with Gasteiger partial charge in [0.1, 0.15) is 5.75 Å². The number of rotatable bonds is 8. The summed E-state index contributed by atoms with van der Waals surface area (Å²) in [6, 6.07) is 13.8.